The molecule has 7 heavy (non-hydrogen) atoms. The van der Waals surface area contributed by atoms with Crippen LogP contribution in [0.3, 0.4) is 0 Å². The molecule has 1 saturated heterocycles. The molecule has 0 unspecified atom stereocenters. The third kappa shape index (κ3) is 0.889. The zero-order chi connectivity index (χ0) is 5.49. The summed E-state index contributed by atoms with van der Waals surface area (Å²) < 4.78 is 0. The van der Waals surface area contributed by atoms with E-state index in [-0.39, 0.29) is 5.79 Å². The van der Waals surface area contributed by atoms with Gasteiger partial charge in [-0.15, -0.1) is 0 Å². The summed E-state index contributed by atoms with van der Waals surface area (Å²) in [5.74, 6) is -0.380. The van der Waals surface area contributed by atoms with E-state index in [1.54, 1.807) is 5.12 Å². The second kappa shape index (κ2) is 1.16. The molecule has 1 fully saturated rings. The number of nitrogens with two attached hydrogens (primary N) is 1. The lowest BCUT2D eigenvalue weighted by atomic mass is 10.4. The van der Waals surface area contributed by atoms with Crippen molar-refractivity contribution >= 4 is 0 Å². The topological polar surface area (TPSA) is 53.3 Å². The molecule has 0 amide bonds. The Hall–Kier alpha value is -0.160. The summed E-state index contributed by atoms with van der Waals surface area (Å²) in [6.45, 7) is 1.85. The van der Waals surface area contributed by atoms with E-state index >= 15 is 0 Å². The second-order valence-electron chi connectivity index (χ2n) is 1.98. The third-order valence-corrected chi connectivity index (χ3v) is 0.800. The van der Waals surface area contributed by atoms with Crippen molar-refractivity contribution in [3.05, 3.63) is 0 Å². The molecule has 4 heteroatoms. The molecule has 0 radical (unpaired) electrons. The van der Waals surface area contributed by atoms with Crippen molar-refractivity contribution in [3.8, 4) is 0 Å². The van der Waals surface area contributed by atoms with Crippen molar-refractivity contribution in [2.45, 2.75) is 12.7 Å². The first-order chi connectivity index (χ1) is 3.10. The molecule has 0 aromatic carbocycles. The number of nitrogens with zero attached hydrogens (tertiary/aromatic N) is 1. The Morgan fingerprint density at radius 2 is 2.00 bits per heavy atom. The van der Waals surface area contributed by atoms with Gasteiger partial charge < -0.3 is 0 Å². The number of nitrogens with one attached hydrogen (secondary N) is 2. The first kappa shape index (κ1) is 4.99. The fraction of sp³-hybridized carbons (Fsp3) is 1.00. The molecule has 42 valence electrons. The van der Waals surface area contributed by atoms with Crippen molar-refractivity contribution in [2.24, 2.45) is 5.73 Å². The third-order valence-electron chi connectivity index (χ3n) is 0.800. The lowest BCUT2D eigenvalue weighted by Crippen LogP contribution is -2.82. The maximum absolute atomic E-state index is 5.45. The summed E-state index contributed by atoms with van der Waals surface area (Å²) in [6, 6.07) is 0. The van der Waals surface area contributed by atoms with Gasteiger partial charge in [0.1, 0.15) is 5.79 Å². The highest BCUT2D eigenvalue weighted by molar-refractivity contribution is 4.74. The highest BCUT2D eigenvalue weighted by Crippen LogP contribution is 1.96. The highest BCUT2D eigenvalue weighted by Gasteiger charge is 2.29. The number of hydrogen-bond acceptors (Lipinski definition) is 4. The van der Waals surface area contributed by atoms with Crippen molar-refractivity contribution < 1.29 is 0 Å². The molecule has 0 atom stereocenters. The summed E-state index contributed by atoms with van der Waals surface area (Å²) in [5, 5.41) is 1.71. The molecule has 1 rings (SSSR count). The molecule has 4 nitrogen and oxygen atoms in total. The standard InChI is InChI=1S/C3H10N4/c1-3(4)5-7(2)6-3/h5-6H,4H2,1-2H3. The van der Waals surface area contributed by atoms with Gasteiger partial charge in [0.15, 0.2) is 0 Å². The Morgan fingerprint density at radius 1 is 1.57 bits per heavy atom. The molecule has 0 bridgehead atoms. The van der Waals surface area contributed by atoms with Crippen LogP contribution >= 0.6 is 0 Å². The van der Waals surface area contributed by atoms with Crippen LogP contribution < -0.4 is 16.6 Å². The van der Waals surface area contributed by atoms with Gasteiger partial charge in [-0.25, -0.2) is 10.9 Å². The minimum atomic E-state index is -0.380. The van der Waals surface area contributed by atoms with Crippen LogP contribution in [0.5, 0.6) is 0 Å². The van der Waals surface area contributed by atoms with Crippen LogP contribution in [-0.2, 0) is 0 Å². The Morgan fingerprint density at radius 3 is 2.00 bits per heavy atom. The van der Waals surface area contributed by atoms with Gasteiger partial charge in [-0.3, -0.25) is 5.73 Å². The van der Waals surface area contributed by atoms with E-state index in [2.05, 4.69) is 10.9 Å². The Balaban J connectivity index is 2.29. The Kier molecular flexibility index (Phi) is 0.829. The van der Waals surface area contributed by atoms with Crippen molar-refractivity contribution in [1.29, 1.82) is 0 Å². The molecule has 1 aliphatic rings. The maximum Gasteiger partial charge on any atom is 0.145 e. The van der Waals surface area contributed by atoms with E-state index in [4.69, 9.17) is 5.73 Å². The molecule has 4 N–H and O–H groups in total. The number of hydrazine groups is 2. The molecule has 0 aliphatic carbocycles. The predicted octanol–water partition coefficient (Wildman–Crippen LogP) is -1.43. The summed E-state index contributed by atoms with van der Waals surface area (Å²) in [6.07, 6.45) is 0. The minimum absolute atomic E-state index is 0.380. The van der Waals surface area contributed by atoms with E-state index in [1.807, 2.05) is 14.0 Å². The van der Waals surface area contributed by atoms with Crippen LogP contribution in [0.4, 0.5) is 0 Å². The molecule has 0 saturated carbocycles. The highest BCUT2D eigenvalue weighted by atomic mass is 15.9. The van der Waals surface area contributed by atoms with Gasteiger partial charge in [-0.05, 0) is 6.92 Å². The molecule has 0 aromatic heterocycles. The van der Waals surface area contributed by atoms with Crippen LogP contribution in [0.25, 0.3) is 0 Å². The van der Waals surface area contributed by atoms with Crippen molar-refractivity contribution in [3.63, 3.8) is 0 Å². The minimum Gasteiger partial charge on any atom is -0.299 e. The zero-order valence-electron chi connectivity index (χ0n) is 4.52. The van der Waals surface area contributed by atoms with Gasteiger partial charge in [0.2, 0.25) is 0 Å². The summed E-state index contributed by atoms with van der Waals surface area (Å²) in [4.78, 5) is 0. The molecule has 0 spiro atoms. The summed E-state index contributed by atoms with van der Waals surface area (Å²) in [7, 11) is 1.86. The Bertz CT molecular complexity index is 71.0. The van der Waals surface area contributed by atoms with Crippen LogP contribution in [-0.4, -0.2) is 18.0 Å². The molecular formula is C3H10N4. The van der Waals surface area contributed by atoms with Crippen LogP contribution in [0, 0.1) is 0 Å². The van der Waals surface area contributed by atoms with Crippen molar-refractivity contribution in [2.75, 3.05) is 7.05 Å². The number of hydrogen-bond donors (Lipinski definition) is 3. The van der Waals surface area contributed by atoms with Crippen LogP contribution in [0.2, 0.25) is 0 Å². The van der Waals surface area contributed by atoms with E-state index < -0.39 is 0 Å². The maximum atomic E-state index is 5.45. The fourth-order valence-corrected chi connectivity index (χ4v) is 0.697. The summed E-state index contributed by atoms with van der Waals surface area (Å²) in [5.41, 5.74) is 11.2. The first-order valence-electron chi connectivity index (χ1n) is 2.18. The normalized spacial score (nSPS) is 29.6. The zero-order valence-corrected chi connectivity index (χ0v) is 4.52. The molecule has 1 aliphatic heterocycles. The Labute approximate surface area is 42.6 Å². The lowest BCUT2D eigenvalue weighted by Gasteiger charge is -2.45. The van der Waals surface area contributed by atoms with E-state index in [0.29, 0.717) is 0 Å². The van der Waals surface area contributed by atoms with Crippen LogP contribution in [0.15, 0.2) is 0 Å². The van der Waals surface area contributed by atoms with E-state index in [1.165, 1.54) is 0 Å². The van der Waals surface area contributed by atoms with Crippen molar-refractivity contribution in [1.82, 2.24) is 16.0 Å². The van der Waals surface area contributed by atoms with E-state index in [9.17, 15) is 0 Å². The molecule has 0 aromatic rings. The van der Waals surface area contributed by atoms with E-state index in [0.717, 1.165) is 0 Å². The monoisotopic (exact) mass is 102 g/mol. The van der Waals surface area contributed by atoms with Gasteiger partial charge in [-0.2, -0.15) is 5.12 Å². The molecular weight excluding hydrogens is 92.1 g/mol. The lowest BCUT2D eigenvalue weighted by molar-refractivity contribution is -0.0885. The average molecular weight is 102 g/mol. The van der Waals surface area contributed by atoms with Gasteiger partial charge >= 0.3 is 0 Å². The number of rotatable bonds is 0. The SMILES string of the molecule is CN1NC(C)(N)N1. The summed E-state index contributed by atoms with van der Waals surface area (Å²) >= 11 is 0. The van der Waals surface area contributed by atoms with Gasteiger partial charge in [0.05, 0.1) is 0 Å². The molecule has 1 heterocycles. The van der Waals surface area contributed by atoms with Gasteiger partial charge in [-0.1, -0.05) is 0 Å². The quantitative estimate of drug-likeness (QED) is 0.351. The average Bonchev–Trinajstić information content (AvgIpc) is 1.27. The fourth-order valence-electron chi connectivity index (χ4n) is 0.697. The van der Waals surface area contributed by atoms with Crippen LogP contribution in [0.1, 0.15) is 6.92 Å². The smallest absolute Gasteiger partial charge is 0.145 e. The second-order valence-corrected chi connectivity index (χ2v) is 1.98. The van der Waals surface area contributed by atoms with Gasteiger partial charge in [0, 0.05) is 7.05 Å². The largest absolute Gasteiger partial charge is 0.299 e. The first-order valence-corrected chi connectivity index (χ1v) is 2.18. The van der Waals surface area contributed by atoms with Gasteiger partial charge in [0.25, 0.3) is 0 Å². The predicted molar refractivity (Wildman–Crippen MR) is 26.6 cm³/mol.